The molecule has 0 saturated carbocycles. The lowest BCUT2D eigenvalue weighted by molar-refractivity contribution is 0.0998. The first-order valence-corrected chi connectivity index (χ1v) is 8.87. The summed E-state index contributed by atoms with van der Waals surface area (Å²) in [6.45, 7) is 3.77. The number of amides is 1. The van der Waals surface area contributed by atoms with Crippen molar-refractivity contribution in [3.63, 3.8) is 0 Å². The molecule has 26 heavy (non-hydrogen) atoms. The van der Waals surface area contributed by atoms with Crippen LogP contribution in [0, 0.1) is 19.7 Å². The van der Waals surface area contributed by atoms with Gasteiger partial charge in [0.15, 0.2) is 10.9 Å². The Bertz CT molecular complexity index is 1110. The first-order chi connectivity index (χ1) is 12.5. The summed E-state index contributed by atoms with van der Waals surface area (Å²) < 4.78 is 18.8. The zero-order valence-electron chi connectivity index (χ0n) is 14.2. The Kier molecular flexibility index (Phi) is 4.05. The number of hydrogen-bond acceptors (Lipinski definition) is 4. The number of nitrogens with zero attached hydrogens (tertiary/aromatic N) is 1. The Labute approximate surface area is 153 Å². The van der Waals surface area contributed by atoms with Crippen LogP contribution in [-0.2, 0) is 0 Å². The Balaban J connectivity index is 1.63. The molecule has 0 aliphatic heterocycles. The fraction of sp³-hybridized carbons (Fsp3) is 0.100. The topological polar surface area (TPSA) is 55.1 Å². The van der Waals surface area contributed by atoms with Gasteiger partial charge in [-0.1, -0.05) is 18.2 Å². The fourth-order valence-electron chi connectivity index (χ4n) is 2.87. The number of hydrogen-bond donors (Lipinski definition) is 1. The molecule has 0 aliphatic rings. The van der Waals surface area contributed by atoms with E-state index in [0.29, 0.717) is 10.7 Å². The number of furan rings is 1. The fourth-order valence-corrected chi connectivity index (χ4v) is 3.70. The molecule has 4 aromatic rings. The van der Waals surface area contributed by atoms with Crippen molar-refractivity contribution in [2.75, 3.05) is 5.32 Å². The minimum atomic E-state index is -0.335. The molecule has 0 bridgehead atoms. The third-order valence-electron chi connectivity index (χ3n) is 4.18. The second-order valence-electron chi connectivity index (χ2n) is 5.94. The highest BCUT2D eigenvalue weighted by molar-refractivity contribution is 7.16. The lowest BCUT2D eigenvalue weighted by atomic mass is 10.1. The Morgan fingerprint density at radius 1 is 1.12 bits per heavy atom. The summed E-state index contributed by atoms with van der Waals surface area (Å²) >= 11 is 1.37. The van der Waals surface area contributed by atoms with Crippen LogP contribution in [0.1, 0.15) is 21.0 Å². The summed E-state index contributed by atoms with van der Waals surface area (Å²) in [5.41, 5.74) is 3.01. The molecule has 0 saturated heterocycles. The number of rotatable bonds is 3. The maximum atomic E-state index is 13.1. The van der Waals surface area contributed by atoms with Crippen LogP contribution in [0.25, 0.3) is 22.2 Å². The van der Waals surface area contributed by atoms with E-state index in [1.807, 2.05) is 38.1 Å². The van der Waals surface area contributed by atoms with Gasteiger partial charge in [-0.3, -0.25) is 10.1 Å². The molecule has 2 heterocycles. The summed E-state index contributed by atoms with van der Waals surface area (Å²) in [5.74, 6) is -0.351. The van der Waals surface area contributed by atoms with Crippen molar-refractivity contribution in [3.05, 3.63) is 70.5 Å². The Morgan fingerprint density at radius 2 is 1.85 bits per heavy atom. The van der Waals surface area contributed by atoms with Crippen LogP contribution in [0.2, 0.25) is 0 Å². The van der Waals surface area contributed by atoms with E-state index in [9.17, 15) is 9.18 Å². The third kappa shape index (κ3) is 2.88. The van der Waals surface area contributed by atoms with Gasteiger partial charge >= 0.3 is 0 Å². The molecular formula is C20H15FN2O2S. The van der Waals surface area contributed by atoms with Crippen LogP contribution in [0.4, 0.5) is 9.52 Å². The van der Waals surface area contributed by atoms with E-state index in [1.54, 1.807) is 12.1 Å². The molecule has 0 fully saturated rings. The van der Waals surface area contributed by atoms with Crippen molar-refractivity contribution in [2.24, 2.45) is 0 Å². The summed E-state index contributed by atoms with van der Waals surface area (Å²) in [4.78, 5) is 18.0. The monoisotopic (exact) mass is 366 g/mol. The van der Waals surface area contributed by atoms with Crippen LogP contribution in [0.5, 0.6) is 0 Å². The van der Waals surface area contributed by atoms with Crippen molar-refractivity contribution in [3.8, 4) is 11.3 Å². The maximum Gasteiger partial charge on any atom is 0.293 e. The molecule has 2 aromatic carbocycles. The van der Waals surface area contributed by atoms with Gasteiger partial charge in [-0.25, -0.2) is 9.37 Å². The van der Waals surface area contributed by atoms with Gasteiger partial charge in [-0.2, -0.15) is 0 Å². The highest BCUT2D eigenvalue weighted by Gasteiger charge is 2.19. The van der Waals surface area contributed by atoms with Gasteiger partial charge in [0.2, 0.25) is 0 Å². The standard InChI is InChI=1S/C20H15FN2O2S/c1-11-15-5-3-4-6-16(15)25-18(11)19(24)23-20-22-17(12(2)26-20)13-7-9-14(21)10-8-13/h3-10H,1-2H3,(H,22,23,24). The largest absolute Gasteiger partial charge is 0.451 e. The molecule has 0 atom stereocenters. The van der Waals surface area contributed by atoms with Crippen molar-refractivity contribution in [1.29, 1.82) is 0 Å². The number of benzene rings is 2. The molecule has 0 unspecified atom stereocenters. The van der Waals surface area contributed by atoms with E-state index in [1.165, 1.54) is 23.5 Å². The average Bonchev–Trinajstić information content (AvgIpc) is 3.16. The number of thiazole rings is 1. The van der Waals surface area contributed by atoms with E-state index >= 15 is 0 Å². The number of halogens is 1. The third-order valence-corrected chi connectivity index (χ3v) is 5.07. The predicted octanol–water partition coefficient (Wildman–Crippen LogP) is 5.56. The lowest BCUT2D eigenvalue weighted by Gasteiger charge is -2.00. The van der Waals surface area contributed by atoms with Gasteiger partial charge in [0, 0.05) is 21.4 Å². The number of aromatic nitrogens is 1. The second-order valence-corrected chi connectivity index (χ2v) is 7.14. The van der Waals surface area contributed by atoms with E-state index in [-0.39, 0.29) is 17.5 Å². The van der Waals surface area contributed by atoms with Crippen molar-refractivity contribution in [1.82, 2.24) is 4.98 Å². The van der Waals surface area contributed by atoms with Crippen LogP contribution >= 0.6 is 11.3 Å². The van der Waals surface area contributed by atoms with E-state index in [4.69, 9.17) is 4.42 Å². The van der Waals surface area contributed by atoms with Crippen molar-refractivity contribution < 1.29 is 13.6 Å². The van der Waals surface area contributed by atoms with E-state index < -0.39 is 0 Å². The zero-order valence-corrected chi connectivity index (χ0v) is 15.0. The maximum absolute atomic E-state index is 13.1. The SMILES string of the molecule is Cc1sc(NC(=O)c2oc3ccccc3c2C)nc1-c1ccc(F)cc1. The summed E-state index contributed by atoms with van der Waals surface area (Å²) in [6, 6.07) is 13.7. The second kappa shape index (κ2) is 6.38. The lowest BCUT2D eigenvalue weighted by Crippen LogP contribution is -2.11. The van der Waals surface area contributed by atoms with Gasteiger partial charge in [0.1, 0.15) is 11.4 Å². The smallest absolute Gasteiger partial charge is 0.293 e. The Hall–Kier alpha value is -2.99. The van der Waals surface area contributed by atoms with Crippen LogP contribution in [-0.4, -0.2) is 10.9 Å². The van der Waals surface area contributed by atoms with E-state index in [0.717, 1.165) is 27.1 Å². The molecule has 4 rings (SSSR count). The molecule has 0 radical (unpaired) electrons. The summed E-state index contributed by atoms with van der Waals surface area (Å²) in [7, 11) is 0. The normalized spacial score (nSPS) is 11.0. The molecular weight excluding hydrogens is 351 g/mol. The number of fused-ring (bicyclic) bond motifs is 1. The van der Waals surface area contributed by atoms with Crippen molar-refractivity contribution in [2.45, 2.75) is 13.8 Å². The first kappa shape index (κ1) is 16.5. The molecule has 4 nitrogen and oxygen atoms in total. The van der Waals surface area contributed by atoms with Crippen LogP contribution in [0.15, 0.2) is 52.9 Å². The minimum Gasteiger partial charge on any atom is -0.451 e. The van der Waals surface area contributed by atoms with E-state index in [2.05, 4.69) is 10.3 Å². The first-order valence-electron chi connectivity index (χ1n) is 8.06. The molecule has 6 heteroatoms. The highest BCUT2D eigenvalue weighted by Crippen LogP contribution is 2.31. The molecule has 1 N–H and O–H groups in total. The molecule has 130 valence electrons. The quantitative estimate of drug-likeness (QED) is 0.516. The number of carbonyl (C=O) groups is 1. The van der Waals surface area contributed by atoms with Gasteiger partial charge in [-0.15, -0.1) is 11.3 Å². The van der Waals surface area contributed by atoms with Gasteiger partial charge in [0.05, 0.1) is 5.69 Å². The number of anilines is 1. The molecule has 0 spiro atoms. The van der Waals surface area contributed by atoms with Gasteiger partial charge < -0.3 is 4.42 Å². The molecule has 1 amide bonds. The summed E-state index contributed by atoms with van der Waals surface area (Å²) in [5, 5.41) is 4.20. The predicted molar refractivity (Wildman–Crippen MR) is 101 cm³/mol. The molecule has 2 aromatic heterocycles. The number of carbonyl (C=O) groups excluding carboxylic acids is 1. The number of para-hydroxylation sites is 1. The zero-order chi connectivity index (χ0) is 18.3. The van der Waals surface area contributed by atoms with Crippen LogP contribution < -0.4 is 5.32 Å². The Morgan fingerprint density at radius 3 is 2.58 bits per heavy atom. The van der Waals surface area contributed by atoms with Gasteiger partial charge in [-0.05, 0) is 44.2 Å². The minimum absolute atomic E-state index is 0.280. The van der Waals surface area contributed by atoms with Crippen LogP contribution in [0.3, 0.4) is 0 Å². The summed E-state index contributed by atoms with van der Waals surface area (Å²) in [6.07, 6.45) is 0. The van der Waals surface area contributed by atoms with Crippen molar-refractivity contribution >= 4 is 33.3 Å². The van der Waals surface area contributed by atoms with Gasteiger partial charge in [0.25, 0.3) is 5.91 Å². The average molecular weight is 366 g/mol. The number of nitrogens with one attached hydrogen (secondary N) is 1. The number of aryl methyl sites for hydroxylation is 2. The molecule has 0 aliphatic carbocycles. The highest BCUT2D eigenvalue weighted by atomic mass is 32.1.